The zero-order valence-electron chi connectivity index (χ0n) is 10.2. The fourth-order valence-corrected chi connectivity index (χ4v) is 1.74. The fourth-order valence-electron chi connectivity index (χ4n) is 1.74. The van der Waals surface area contributed by atoms with Crippen molar-refractivity contribution in [3.63, 3.8) is 0 Å². The van der Waals surface area contributed by atoms with Gasteiger partial charge in [0.25, 0.3) is 0 Å². The molecule has 2 aromatic rings. The summed E-state index contributed by atoms with van der Waals surface area (Å²) in [5.74, 6) is 0.676. The highest BCUT2D eigenvalue weighted by Crippen LogP contribution is 2.16. The highest BCUT2D eigenvalue weighted by atomic mass is 16.5. The summed E-state index contributed by atoms with van der Waals surface area (Å²) in [6.07, 6.45) is 0. The summed E-state index contributed by atoms with van der Waals surface area (Å²) < 4.78 is 7.32. The van der Waals surface area contributed by atoms with Crippen molar-refractivity contribution < 1.29 is 4.74 Å². The number of aryl methyl sites for hydroxylation is 2. The molecule has 17 heavy (non-hydrogen) atoms. The van der Waals surface area contributed by atoms with Gasteiger partial charge in [0.2, 0.25) is 0 Å². The summed E-state index contributed by atoms with van der Waals surface area (Å²) in [7, 11) is 1.84. The van der Waals surface area contributed by atoms with E-state index in [9.17, 15) is 0 Å². The molecule has 0 bridgehead atoms. The molecule has 0 spiro atoms. The third-order valence-corrected chi connectivity index (χ3v) is 2.75. The number of aromatic nitrogens is 2. The number of ether oxygens (including phenoxy) is 1. The van der Waals surface area contributed by atoms with Gasteiger partial charge in [-0.25, -0.2) is 0 Å². The predicted molar refractivity (Wildman–Crippen MR) is 67.3 cm³/mol. The van der Waals surface area contributed by atoms with Gasteiger partial charge in [0.15, 0.2) is 0 Å². The van der Waals surface area contributed by atoms with Gasteiger partial charge in [0, 0.05) is 12.6 Å². The van der Waals surface area contributed by atoms with Crippen LogP contribution in [0.4, 0.5) is 5.82 Å². The average molecular weight is 231 g/mol. The third-order valence-electron chi connectivity index (χ3n) is 2.75. The maximum absolute atomic E-state index is 5.90. The second kappa shape index (κ2) is 5.01. The summed E-state index contributed by atoms with van der Waals surface area (Å²) in [4.78, 5) is 0. The Morgan fingerprint density at radius 1 is 1.24 bits per heavy atom. The van der Waals surface area contributed by atoms with E-state index in [1.165, 1.54) is 0 Å². The summed E-state index contributed by atoms with van der Waals surface area (Å²) in [6, 6.07) is 10.1. The molecule has 0 amide bonds. The van der Waals surface area contributed by atoms with Crippen molar-refractivity contribution in [2.24, 2.45) is 7.05 Å². The Hall–Kier alpha value is -1.81. The lowest BCUT2D eigenvalue weighted by atomic mass is 10.2. The van der Waals surface area contributed by atoms with Crippen molar-refractivity contribution in [2.75, 3.05) is 5.73 Å². The van der Waals surface area contributed by atoms with E-state index in [0.29, 0.717) is 19.0 Å². The quantitative estimate of drug-likeness (QED) is 0.876. The molecular formula is C13H17N3O. The Morgan fingerprint density at radius 3 is 2.53 bits per heavy atom. The molecule has 0 aliphatic carbocycles. The SMILES string of the molecule is Cc1nn(C)c(N)c1COCc1ccccc1. The van der Waals surface area contributed by atoms with Crippen LogP contribution in [0.1, 0.15) is 16.8 Å². The fraction of sp³-hybridized carbons (Fsp3) is 0.308. The number of anilines is 1. The molecule has 0 atom stereocenters. The second-order valence-electron chi connectivity index (χ2n) is 4.05. The summed E-state index contributed by atoms with van der Waals surface area (Å²) >= 11 is 0. The maximum atomic E-state index is 5.90. The Kier molecular flexibility index (Phi) is 3.44. The van der Waals surface area contributed by atoms with Crippen molar-refractivity contribution in [2.45, 2.75) is 20.1 Å². The van der Waals surface area contributed by atoms with Crippen molar-refractivity contribution in [1.29, 1.82) is 0 Å². The largest absolute Gasteiger partial charge is 0.384 e. The number of benzene rings is 1. The van der Waals surface area contributed by atoms with Crippen LogP contribution < -0.4 is 5.73 Å². The van der Waals surface area contributed by atoms with Gasteiger partial charge in [-0.15, -0.1) is 0 Å². The minimum absolute atomic E-state index is 0.500. The molecule has 1 aromatic carbocycles. The van der Waals surface area contributed by atoms with E-state index in [2.05, 4.69) is 5.10 Å². The zero-order valence-corrected chi connectivity index (χ0v) is 10.2. The Bertz CT molecular complexity index is 491. The number of rotatable bonds is 4. The Labute approximate surface area is 101 Å². The van der Waals surface area contributed by atoms with E-state index < -0.39 is 0 Å². The lowest BCUT2D eigenvalue weighted by molar-refractivity contribution is 0.107. The van der Waals surface area contributed by atoms with E-state index in [-0.39, 0.29) is 0 Å². The van der Waals surface area contributed by atoms with E-state index >= 15 is 0 Å². The monoisotopic (exact) mass is 231 g/mol. The van der Waals surface area contributed by atoms with Crippen molar-refractivity contribution in [3.05, 3.63) is 47.2 Å². The Morgan fingerprint density at radius 2 is 1.94 bits per heavy atom. The van der Waals surface area contributed by atoms with Gasteiger partial charge in [-0.1, -0.05) is 30.3 Å². The molecule has 0 aliphatic rings. The van der Waals surface area contributed by atoms with E-state index in [0.717, 1.165) is 16.8 Å². The first kappa shape index (κ1) is 11.7. The van der Waals surface area contributed by atoms with Gasteiger partial charge in [-0.3, -0.25) is 4.68 Å². The normalized spacial score (nSPS) is 10.7. The highest BCUT2D eigenvalue weighted by molar-refractivity contribution is 5.42. The van der Waals surface area contributed by atoms with Gasteiger partial charge in [0.05, 0.1) is 18.9 Å². The molecule has 0 saturated carbocycles. The first-order chi connectivity index (χ1) is 8.18. The molecule has 4 heteroatoms. The van der Waals surface area contributed by atoms with Crippen LogP contribution in [0.2, 0.25) is 0 Å². The molecule has 1 aromatic heterocycles. The molecule has 0 aliphatic heterocycles. The predicted octanol–water partition coefficient (Wildman–Crippen LogP) is 2.03. The summed E-state index contributed by atoms with van der Waals surface area (Å²) in [5, 5.41) is 4.25. The molecule has 1 heterocycles. The van der Waals surface area contributed by atoms with Gasteiger partial charge in [-0.2, -0.15) is 5.10 Å². The van der Waals surface area contributed by atoms with E-state index in [1.807, 2.05) is 44.3 Å². The molecule has 0 saturated heterocycles. The third kappa shape index (κ3) is 2.65. The van der Waals surface area contributed by atoms with Crippen LogP contribution >= 0.6 is 0 Å². The number of nitrogens with zero attached hydrogens (tertiary/aromatic N) is 2. The van der Waals surface area contributed by atoms with Crippen LogP contribution in [0.3, 0.4) is 0 Å². The van der Waals surface area contributed by atoms with Crippen molar-refractivity contribution in [3.8, 4) is 0 Å². The average Bonchev–Trinajstić information content (AvgIpc) is 2.57. The lowest BCUT2D eigenvalue weighted by Gasteiger charge is -2.04. The smallest absolute Gasteiger partial charge is 0.127 e. The summed E-state index contributed by atoms with van der Waals surface area (Å²) in [5.41, 5.74) is 8.97. The van der Waals surface area contributed by atoms with Crippen LogP contribution in [0.5, 0.6) is 0 Å². The molecule has 2 N–H and O–H groups in total. The topological polar surface area (TPSA) is 53.1 Å². The minimum Gasteiger partial charge on any atom is -0.384 e. The molecule has 0 radical (unpaired) electrons. The Balaban J connectivity index is 1.95. The van der Waals surface area contributed by atoms with Crippen LogP contribution in [0.15, 0.2) is 30.3 Å². The molecule has 4 nitrogen and oxygen atoms in total. The van der Waals surface area contributed by atoms with Crippen LogP contribution in [-0.2, 0) is 25.0 Å². The number of nitrogens with two attached hydrogens (primary N) is 1. The van der Waals surface area contributed by atoms with Gasteiger partial charge in [-0.05, 0) is 12.5 Å². The first-order valence-electron chi connectivity index (χ1n) is 5.58. The molecule has 90 valence electrons. The zero-order chi connectivity index (χ0) is 12.3. The number of nitrogen functional groups attached to an aromatic ring is 1. The van der Waals surface area contributed by atoms with E-state index in [4.69, 9.17) is 10.5 Å². The van der Waals surface area contributed by atoms with Crippen LogP contribution in [-0.4, -0.2) is 9.78 Å². The van der Waals surface area contributed by atoms with Crippen molar-refractivity contribution >= 4 is 5.82 Å². The molecular weight excluding hydrogens is 214 g/mol. The number of hydrogen-bond acceptors (Lipinski definition) is 3. The molecule has 0 fully saturated rings. The van der Waals surface area contributed by atoms with Gasteiger partial charge >= 0.3 is 0 Å². The second-order valence-corrected chi connectivity index (χ2v) is 4.05. The molecule has 2 rings (SSSR count). The van der Waals surface area contributed by atoms with Gasteiger partial charge in [0.1, 0.15) is 5.82 Å². The summed E-state index contributed by atoms with van der Waals surface area (Å²) in [6.45, 7) is 3.03. The molecule has 0 unspecified atom stereocenters. The lowest BCUT2D eigenvalue weighted by Crippen LogP contribution is -2.01. The number of hydrogen-bond donors (Lipinski definition) is 1. The minimum atomic E-state index is 0.500. The van der Waals surface area contributed by atoms with Crippen molar-refractivity contribution in [1.82, 2.24) is 9.78 Å². The van der Waals surface area contributed by atoms with Crippen LogP contribution in [0.25, 0.3) is 0 Å². The van der Waals surface area contributed by atoms with E-state index in [1.54, 1.807) is 4.68 Å². The van der Waals surface area contributed by atoms with Crippen LogP contribution in [0, 0.1) is 6.92 Å². The highest BCUT2D eigenvalue weighted by Gasteiger charge is 2.09. The maximum Gasteiger partial charge on any atom is 0.127 e. The first-order valence-corrected chi connectivity index (χ1v) is 5.58. The standard InChI is InChI=1S/C13H17N3O/c1-10-12(13(14)16(2)15-10)9-17-8-11-6-4-3-5-7-11/h3-7H,8-9,14H2,1-2H3. The van der Waals surface area contributed by atoms with Gasteiger partial charge < -0.3 is 10.5 Å².